The van der Waals surface area contributed by atoms with Crippen LogP contribution < -0.4 is 10.6 Å². The Hall–Kier alpha value is -1.39. The summed E-state index contributed by atoms with van der Waals surface area (Å²) in [6.45, 7) is 1.56. The van der Waals surface area contributed by atoms with Gasteiger partial charge in [0.05, 0.1) is 11.5 Å². The van der Waals surface area contributed by atoms with Crippen molar-refractivity contribution in [3.63, 3.8) is 0 Å². The molecule has 1 fully saturated rings. The highest BCUT2D eigenvalue weighted by molar-refractivity contribution is 5.78. The Balaban J connectivity index is 2.11. The number of aliphatic carboxylic acids is 1. The summed E-state index contributed by atoms with van der Waals surface area (Å²) in [7, 11) is 0. The molecule has 1 aromatic carbocycles. The number of carbonyl (C=O) groups is 1. The van der Waals surface area contributed by atoms with Crippen molar-refractivity contribution < 1.29 is 9.90 Å². The largest absolute Gasteiger partial charge is 0.481 e. The molecule has 4 heteroatoms. The van der Waals surface area contributed by atoms with E-state index in [-0.39, 0.29) is 11.5 Å². The maximum Gasteiger partial charge on any atom is 0.311 e. The van der Waals surface area contributed by atoms with Gasteiger partial charge in [-0.05, 0) is 17.5 Å². The first-order valence-corrected chi connectivity index (χ1v) is 5.51. The molecule has 16 heavy (non-hydrogen) atoms. The average Bonchev–Trinajstić information content (AvgIpc) is 2.87. The van der Waals surface area contributed by atoms with E-state index in [9.17, 15) is 9.90 Å². The molecule has 1 aliphatic carbocycles. The zero-order valence-corrected chi connectivity index (χ0v) is 8.86. The lowest BCUT2D eigenvalue weighted by Gasteiger charge is -2.24. The minimum atomic E-state index is -0.724. The predicted octanol–water partition coefficient (Wildman–Crippen LogP) is 0.604. The van der Waals surface area contributed by atoms with Crippen LogP contribution >= 0.6 is 0 Å². The molecule has 1 aliphatic heterocycles. The van der Waals surface area contributed by atoms with Crippen LogP contribution in [0, 0.1) is 0 Å². The smallest absolute Gasteiger partial charge is 0.311 e. The Morgan fingerprint density at radius 1 is 1.44 bits per heavy atom. The third kappa shape index (κ3) is 1.20. The van der Waals surface area contributed by atoms with Crippen LogP contribution in [-0.4, -0.2) is 24.3 Å². The van der Waals surface area contributed by atoms with Gasteiger partial charge in [-0.3, -0.25) is 10.1 Å². The van der Waals surface area contributed by atoms with Gasteiger partial charge in [0, 0.05) is 13.2 Å². The lowest BCUT2D eigenvalue weighted by Crippen LogP contribution is -2.37. The van der Waals surface area contributed by atoms with Gasteiger partial charge in [0.25, 0.3) is 0 Å². The molecule has 3 N–H and O–H groups in total. The quantitative estimate of drug-likeness (QED) is 0.646. The molecule has 0 aromatic heterocycles. The van der Waals surface area contributed by atoms with Gasteiger partial charge in [-0.25, -0.2) is 0 Å². The number of carboxylic acids is 1. The van der Waals surface area contributed by atoms with Gasteiger partial charge in [0.1, 0.15) is 0 Å². The van der Waals surface area contributed by atoms with E-state index in [0.29, 0.717) is 6.42 Å². The molecule has 0 saturated carbocycles. The van der Waals surface area contributed by atoms with E-state index in [1.54, 1.807) is 0 Å². The Morgan fingerprint density at radius 2 is 2.25 bits per heavy atom. The number of hydrogen-bond acceptors (Lipinski definition) is 3. The van der Waals surface area contributed by atoms with E-state index in [4.69, 9.17) is 0 Å². The molecule has 84 valence electrons. The summed E-state index contributed by atoms with van der Waals surface area (Å²) in [6.07, 6.45) is 0.648. The highest BCUT2D eigenvalue weighted by Gasteiger charge is 2.47. The van der Waals surface area contributed by atoms with Gasteiger partial charge in [-0.2, -0.15) is 0 Å². The van der Waals surface area contributed by atoms with Crippen LogP contribution in [0.15, 0.2) is 24.3 Å². The molecule has 2 atom stereocenters. The molecule has 0 radical (unpaired) electrons. The summed E-state index contributed by atoms with van der Waals surface area (Å²) in [4.78, 5) is 11.3. The summed E-state index contributed by atoms with van der Waals surface area (Å²) < 4.78 is 0. The molecule has 2 aliphatic rings. The third-order valence-corrected chi connectivity index (χ3v) is 3.68. The SMILES string of the molecule is O=C(O)C1CC2(CNCN2)c2ccccc21. The lowest BCUT2D eigenvalue weighted by molar-refractivity contribution is -0.139. The molecule has 4 nitrogen and oxygen atoms in total. The normalized spacial score (nSPS) is 31.9. The van der Waals surface area contributed by atoms with Crippen molar-refractivity contribution in [1.29, 1.82) is 0 Å². The van der Waals surface area contributed by atoms with Crippen LogP contribution in [0.4, 0.5) is 0 Å². The Morgan fingerprint density at radius 3 is 2.94 bits per heavy atom. The van der Waals surface area contributed by atoms with Crippen LogP contribution in [0.25, 0.3) is 0 Å². The molecular formula is C12H14N2O2. The third-order valence-electron chi connectivity index (χ3n) is 3.68. The van der Waals surface area contributed by atoms with Crippen molar-refractivity contribution in [1.82, 2.24) is 10.6 Å². The van der Waals surface area contributed by atoms with E-state index in [1.165, 1.54) is 0 Å². The predicted molar refractivity (Wildman–Crippen MR) is 59.1 cm³/mol. The molecule has 0 amide bonds. The van der Waals surface area contributed by atoms with Crippen molar-refractivity contribution in [3.05, 3.63) is 35.4 Å². The number of rotatable bonds is 1. The van der Waals surface area contributed by atoms with Crippen LogP contribution in [-0.2, 0) is 10.3 Å². The summed E-state index contributed by atoms with van der Waals surface area (Å²) >= 11 is 0. The monoisotopic (exact) mass is 218 g/mol. The molecule has 0 bridgehead atoms. The lowest BCUT2D eigenvalue weighted by atomic mass is 9.92. The molecule has 2 unspecified atom stereocenters. The zero-order chi connectivity index (χ0) is 11.2. The van der Waals surface area contributed by atoms with E-state index >= 15 is 0 Å². The summed E-state index contributed by atoms with van der Waals surface area (Å²) in [6, 6.07) is 7.86. The second kappa shape index (κ2) is 3.30. The van der Waals surface area contributed by atoms with E-state index in [0.717, 1.165) is 24.3 Å². The molecule has 1 saturated heterocycles. The zero-order valence-electron chi connectivity index (χ0n) is 8.86. The highest BCUT2D eigenvalue weighted by atomic mass is 16.4. The Kier molecular flexibility index (Phi) is 2.02. The number of carboxylic acid groups (broad SMARTS) is 1. The minimum absolute atomic E-state index is 0.167. The fourth-order valence-electron chi connectivity index (χ4n) is 2.93. The van der Waals surface area contributed by atoms with Gasteiger partial charge in [-0.15, -0.1) is 0 Å². The topological polar surface area (TPSA) is 61.4 Å². The highest BCUT2D eigenvalue weighted by Crippen LogP contribution is 2.45. The fourth-order valence-corrected chi connectivity index (χ4v) is 2.93. The van der Waals surface area contributed by atoms with Gasteiger partial charge >= 0.3 is 5.97 Å². The minimum Gasteiger partial charge on any atom is -0.481 e. The first-order valence-electron chi connectivity index (χ1n) is 5.51. The van der Waals surface area contributed by atoms with Gasteiger partial charge in [0.15, 0.2) is 0 Å². The van der Waals surface area contributed by atoms with Crippen LogP contribution in [0.2, 0.25) is 0 Å². The maximum atomic E-state index is 11.3. The van der Waals surface area contributed by atoms with Gasteiger partial charge in [0.2, 0.25) is 0 Å². The maximum absolute atomic E-state index is 11.3. The standard InChI is InChI=1S/C12H14N2O2/c15-11(16)9-5-12(6-13-7-14-12)10-4-2-1-3-8(9)10/h1-4,9,13-14H,5-7H2,(H,15,16). The Labute approximate surface area is 93.7 Å². The number of benzene rings is 1. The average molecular weight is 218 g/mol. The first-order chi connectivity index (χ1) is 7.73. The molecule has 3 rings (SSSR count). The van der Waals surface area contributed by atoms with Crippen molar-refractivity contribution in [2.24, 2.45) is 0 Å². The Bertz CT molecular complexity index is 438. The van der Waals surface area contributed by atoms with E-state index in [2.05, 4.69) is 10.6 Å². The fraction of sp³-hybridized carbons (Fsp3) is 0.417. The second-order valence-electron chi connectivity index (χ2n) is 4.54. The van der Waals surface area contributed by atoms with Gasteiger partial charge < -0.3 is 10.4 Å². The summed E-state index contributed by atoms with van der Waals surface area (Å²) in [5, 5.41) is 15.9. The van der Waals surface area contributed by atoms with E-state index in [1.807, 2.05) is 24.3 Å². The van der Waals surface area contributed by atoms with Crippen molar-refractivity contribution in [3.8, 4) is 0 Å². The molecule has 1 aromatic rings. The summed E-state index contributed by atoms with van der Waals surface area (Å²) in [5.74, 6) is -1.10. The van der Waals surface area contributed by atoms with Crippen LogP contribution in [0.3, 0.4) is 0 Å². The van der Waals surface area contributed by atoms with Crippen molar-refractivity contribution in [2.45, 2.75) is 17.9 Å². The molecular weight excluding hydrogens is 204 g/mol. The molecule has 1 heterocycles. The van der Waals surface area contributed by atoms with Crippen molar-refractivity contribution >= 4 is 5.97 Å². The van der Waals surface area contributed by atoms with E-state index < -0.39 is 5.97 Å². The number of hydrogen-bond donors (Lipinski definition) is 3. The van der Waals surface area contributed by atoms with Crippen molar-refractivity contribution in [2.75, 3.05) is 13.2 Å². The number of fused-ring (bicyclic) bond motifs is 2. The van der Waals surface area contributed by atoms with Crippen LogP contribution in [0.1, 0.15) is 23.5 Å². The first kappa shape index (κ1) is 9.81. The molecule has 1 spiro atoms. The number of nitrogens with one attached hydrogen (secondary N) is 2. The van der Waals surface area contributed by atoms with Crippen LogP contribution in [0.5, 0.6) is 0 Å². The summed E-state index contributed by atoms with van der Waals surface area (Å²) in [5.41, 5.74) is 1.94. The second-order valence-corrected chi connectivity index (χ2v) is 4.54. The van der Waals surface area contributed by atoms with Gasteiger partial charge in [-0.1, -0.05) is 24.3 Å².